The van der Waals surface area contributed by atoms with Crippen LogP contribution in [-0.4, -0.2) is 12.1 Å². The number of methoxy groups -OCH3 is 1. The maximum Gasteiger partial charge on any atom is 0.433 e. The molecule has 0 fully saturated rings. The van der Waals surface area contributed by atoms with E-state index < -0.39 is 11.9 Å². The minimum absolute atomic E-state index is 0.133. The number of alkyl halides is 3. The first-order valence-electron chi connectivity index (χ1n) is 5.64. The SMILES string of the molecule is COc1ccc(Nc2cc(C(F)(F)F)ncc2N)cc1. The fourth-order valence-electron chi connectivity index (χ4n) is 1.56. The quantitative estimate of drug-likeness (QED) is 0.906. The molecule has 0 saturated carbocycles. The summed E-state index contributed by atoms with van der Waals surface area (Å²) in [5.74, 6) is 0.647. The molecule has 0 aliphatic heterocycles. The maximum absolute atomic E-state index is 12.6. The van der Waals surface area contributed by atoms with E-state index in [0.29, 0.717) is 11.4 Å². The average Bonchev–Trinajstić information content (AvgIpc) is 2.41. The van der Waals surface area contributed by atoms with Crippen molar-refractivity contribution in [1.82, 2.24) is 4.98 Å². The number of anilines is 3. The van der Waals surface area contributed by atoms with Crippen molar-refractivity contribution < 1.29 is 17.9 Å². The minimum atomic E-state index is -4.51. The lowest BCUT2D eigenvalue weighted by Gasteiger charge is -2.12. The first-order valence-corrected chi connectivity index (χ1v) is 5.64. The van der Waals surface area contributed by atoms with Gasteiger partial charge in [-0.05, 0) is 30.3 Å². The summed E-state index contributed by atoms with van der Waals surface area (Å²) in [6.45, 7) is 0. The van der Waals surface area contributed by atoms with Gasteiger partial charge in [-0.25, -0.2) is 4.98 Å². The third-order valence-corrected chi connectivity index (χ3v) is 2.59. The molecule has 0 aliphatic carbocycles. The standard InChI is InChI=1S/C13H12F3N3O/c1-20-9-4-2-8(3-5-9)19-11-6-12(13(14,15)16)18-7-10(11)17/h2-7H,17H2,1H3,(H,18,19). The number of rotatable bonds is 3. The van der Waals surface area contributed by atoms with Crippen molar-refractivity contribution in [2.75, 3.05) is 18.2 Å². The number of aromatic nitrogens is 1. The second kappa shape index (κ2) is 5.28. The van der Waals surface area contributed by atoms with Gasteiger partial charge < -0.3 is 15.8 Å². The summed E-state index contributed by atoms with van der Waals surface area (Å²) >= 11 is 0. The maximum atomic E-state index is 12.6. The molecule has 0 amide bonds. The first kappa shape index (κ1) is 14.0. The predicted molar refractivity (Wildman–Crippen MR) is 69.9 cm³/mol. The normalized spacial score (nSPS) is 11.2. The third-order valence-electron chi connectivity index (χ3n) is 2.59. The van der Waals surface area contributed by atoms with Crippen LogP contribution in [0.25, 0.3) is 0 Å². The zero-order chi connectivity index (χ0) is 14.8. The highest BCUT2D eigenvalue weighted by Gasteiger charge is 2.32. The van der Waals surface area contributed by atoms with Gasteiger partial charge in [-0.2, -0.15) is 13.2 Å². The summed E-state index contributed by atoms with van der Waals surface area (Å²) in [5, 5.41) is 2.82. The van der Waals surface area contributed by atoms with Gasteiger partial charge in [0.25, 0.3) is 0 Å². The van der Waals surface area contributed by atoms with Crippen molar-refractivity contribution in [3.05, 3.63) is 42.2 Å². The van der Waals surface area contributed by atoms with Gasteiger partial charge in [0.05, 0.1) is 24.7 Å². The van der Waals surface area contributed by atoms with Crippen LogP contribution in [0.2, 0.25) is 0 Å². The van der Waals surface area contributed by atoms with Crippen LogP contribution in [0.3, 0.4) is 0 Å². The average molecular weight is 283 g/mol. The third kappa shape index (κ3) is 3.11. The van der Waals surface area contributed by atoms with Crippen LogP contribution in [-0.2, 0) is 6.18 Å². The van der Waals surface area contributed by atoms with Crippen molar-refractivity contribution in [3.8, 4) is 5.75 Å². The molecule has 0 aliphatic rings. The van der Waals surface area contributed by atoms with Crippen molar-refractivity contribution in [1.29, 1.82) is 0 Å². The Labute approximate surface area is 113 Å². The number of hydrogen-bond acceptors (Lipinski definition) is 4. The number of ether oxygens (including phenoxy) is 1. The Hall–Kier alpha value is -2.44. The summed E-state index contributed by atoms with van der Waals surface area (Å²) in [4.78, 5) is 3.27. The van der Waals surface area contributed by atoms with E-state index in [1.54, 1.807) is 24.3 Å². The fraction of sp³-hybridized carbons (Fsp3) is 0.154. The first-order chi connectivity index (χ1) is 9.40. The number of hydrogen-bond donors (Lipinski definition) is 2. The lowest BCUT2D eigenvalue weighted by atomic mass is 10.2. The van der Waals surface area contributed by atoms with Crippen LogP contribution >= 0.6 is 0 Å². The molecule has 0 atom stereocenters. The highest BCUT2D eigenvalue weighted by molar-refractivity contribution is 5.72. The molecular formula is C13H12F3N3O. The van der Waals surface area contributed by atoms with E-state index in [1.807, 2.05) is 0 Å². The van der Waals surface area contributed by atoms with E-state index in [1.165, 1.54) is 7.11 Å². The van der Waals surface area contributed by atoms with Gasteiger partial charge in [0.15, 0.2) is 0 Å². The van der Waals surface area contributed by atoms with Crippen molar-refractivity contribution in [2.24, 2.45) is 0 Å². The van der Waals surface area contributed by atoms with E-state index in [0.717, 1.165) is 12.3 Å². The summed E-state index contributed by atoms with van der Waals surface area (Å²) < 4.78 is 42.8. The van der Waals surface area contributed by atoms with Gasteiger partial charge in [0.2, 0.25) is 0 Å². The van der Waals surface area contributed by atoms with Crippen LogP contribution in [0.5, 0.6) is 5.75 Å². The van der Waals surface area contributed by atoms with Gasteiger partial charge in [-0.15, -0.1) is 0 Å². The van der Waals surface area contributed by atoms with E-state index in [2.05, 4.69) is 10.3 Å². The Morgan fingerprint density at radius 3 is 2.40 bits per heavy atom. The fourth-order valence-corrected chi connectivity index (χ4v) is 1.56. The Morgan fingerprint density at radius 2 is 1.85 bits per heavy atom. The molecule has 0 saturated heterocycles. The monoisotopic (exact) mass is 283 g/mol. The zero-order valence-electron chi connectivity index (χ0n) is 10.5. The second-order valence-electron chi connectivity index (χ2n) is 4.01. The molecule has 0 radical (unpaired) electrons. The van der Waals surface area contributed by atoms with Gasteiger partial charge in [-0.1, -0.05) is 0 Å². The number of nitrogens with zero attached hydrogens (tertiary/aromatic N) is 1. The van der Waals surface area contributed by atoms with Crippen molar-refractivity contribution in [3.63, 3.8) is 0 Å². The van der Waals surface area contributed by atoms with Crippen LogP contribution in [0.1, 0.15) is 5.69 Å². The molecule has 2 rings (SSSR count). The molecule has 0 spiro atoms. The minimum Gasteiger partial charge on any atom is -0.497 e. The zero-order valence-corrected chi connectivity index (χ0v) is 10.5. The van der Waals surface area contributed by atoms with E-state index in [-0.39, 0.29) is 11.4 Å². The molecule has 1 aromatic carbocycles. The van der Waals surface area contributed by atoms with Gasteiger partial charge in [0.1, 0.15) is 11.4 Å². The molecule has 0 bridgehead atoms. The van der Waals surface area contributed by atoms with Crippen LogP contribution in [0, 0.1) is 0 Å². The van der Waals surface area contributed by atoms with Crippen molar-refractivity contribution >= 4 is 17.1 Å². The molecule has 4 nitrogen and oxygen atoms in total. The van der Waals surface area contributed by atoms with Gasteiger partial charge >= 0.3 is 6.18 Å². The highest BCUT2D eigenvalue weighted by Crippen LogP contribution is 2.32. The molecule has 7 heteroatoms. The molecule has 106 valence electrons. The van der Waals surface area contributed by atoms with E-state index >= 15 is 0 Å². The molecular weight excluding hydrogens is 271 g/mol. The summed E-state index contributed by atoms with van der Waals surface area (Å²) in [5.41, 5.74) is 5.50. The summed E-state index contributed by atoms with van der Waals surface area (Å²) in [7, 11) is 1.53. The van der Waals surface area contributed by atoms with E-state index in [4.69, 9.17) is 10.5 Å². The van der Waals surface area contributed by atoms with E-state index in [9.17, 15) is 13.2 Å². The number of nitrogens with one attached hydrogen (secondary N) is 1. The Bertz CT molecular complexity index is 597. The number of nitrogens with two attached hydrogens (primary N) is 1. The molecule has 2 aromatic rings. The van der Waals surface area contributed by atoms with Crippen LogP contribution in [0.15, 0.2) is 36.5 Å². The summed E-state index contributed by atoms with van der Waals surface area (Å²) in [6.07, 6.45) is -3.53. The number of pyridine rings is 1. The molecule has 0 unspecified atom stereocenters. The Kier molecular flexibility index (Phi) is 3.69. The van der Waals surface area contributed by atoms with Gasteiger partial charge in [0, 0.05) is 5.69 Å². The number of nitrogen functional groups attached to an aromatic ring is 1. The lowest BCUT2D eigenvalue weighted by molar-refractivity contribution is -0.141. The highest BCUT2D eigenvalue weighted by atomic mass is 19.4. The summed E-state index contributed by atoms with van der Waals surface area (Å²) in [6, 6.07) is 7.59. The van der Waals surface area contributed by atoms with Crippen molar-refractivity contribution in [2.45, 2.75) is 6.18 Å². The second-order valence-corrected chi connectivity index (χ2v) is 4.01. The number of halogens is 3. The largest absolute Gasteiger partial charge is 0.497 e. The lowest BCUT2D eigenvalue weighted by Crippen LogP contribution is -2.09. The van der Waals surface area contributed by atoms with Crippen LogP contribution in [0.4, 0.5) is 30.2 Å². The topological polar surface area (TPSA) is 60.2 Å². The number of benzene rings is 1. The molecule has 1 heterocycles. The predicted octanol–water partition coefficient (Wildman–Crippen LogP) is 3.43. The van der Waals surface area contributed by atoms with Gasteiger partial charge in [-0.3, -0.25) is 0 Å². The van der Waals surface area contributed by atoms with Crippen LogP contribution < -0.4 is 15.8 Å². The molecule has 1 aromatic heterocycles. The smallest absolute Gasteiger partial charge is 0.433 e. The molecule has 20 heavy (non-hydrogen) atoms. The Balaban J connectivity index is 2.27. The molecule has 3 N–H and O–H groups in total. The Morgan fingerprint density at radius 1 is 1.20 bits per heavy atom.